The summed E-state index contributed by atoms with van der Waals surface area (Å²) in [4.78, 5) is 15.1. The normalized spacial score (nSPS) is 15.4. The van der Waals surface area contributed by atoms with Crippen LogP contribution < -0.4 is 10.1 Å². The van der Waals surface area contributed by atoms with Gasteiger partial charge >= 0.3 is 0 Å². The number of benzene rings is 2. The SMILES string of the molecule is COc1ccc(N[C@H](C(=O)N2CCCCC2)c2ccccc2)cc1CO. The number of carbonyl (C=O) groups is 1. The summed E-state index contributed by atoms with van der Waals surface area (Å²) >= 11 is 0. The van der Waals surface area contributed by atoms with Crippen LogP contribution in [0.4, 0.5) is 5.69 Å². The number of likely N-dealkylation sites (tertiary alicyclic amines) is 1. The molecular weight excluding hydrogens is 328 g/mol. The topological polar surface area (TPSA) is 61.8 Å². The number of ether oxygens (including phenoxy) is 1. The summed E-state index contributed by atoms with van der Waals surface area (Å²) in [6.07, 6.45) is 3.31. The lowest BCUT2D eigenvalue weighted by atomic mass is 10.0. The van der Waals surface area contributed by atoms with E-state index in [4.69, 9.17) is 4.74 Å². The fourth-order valence-electron chi connectivity index (χ4n) is 3.39. The molecule has 138 valence electrons. The van der Waals surface area contributed by atoms with Crippen molar-refractivity contribution in [2.45, 2.75) is 31.9 Å². The maximum Gasteiger partial charge on any atom is 0.249 e. The van der Waals surface area contributed by atoms with Gasteiger partial charge < -0.3 is 20.1 Å². The van der Waals surface area contributed by atoms with Gasteiger partial charge in [0.1, 0.15) is 11.8 Å². The van der Waals surface area contributed by atoms with Crippen molar-refractivity contribution in [3.05, 3.63) is 59.7 Å². The minimum Gasteiger partial charge on any atom is -0.496 e. The van der Waals surface area contributed by atoms with Crippen molar-refractivity contribution in [2.75, 3.05) is 25.5 Å². The first-order valence-electron chi connectivity index (χ1n) is 9.11. The summed E-state index contributed by atoms with van der Waals surface area (Å²) < 4.78 is 5.26. The van der Waals surface area contributed by atoms with Gasteiger partial charge in [0, 0.05) is 24.3 Å². The van der Waals surface area contributed by atoms with Crippen molar-refractivity contribution in [2.24, 2.45) is 0 Å². The van der Waals surface area contributed by atoms with Gasteiger partial charge in [0.05, 0.1) is 13.7 Å². The van der Waals surface area contributed by atoms with E-state index < -0.39 is 6.04 Å². The van der Waals surface area contributed by atoms with Gasteiger partial charge in [0.2, 0.25) is 5.91 Å². The van der Waals surface area contributed by atoms with Crippen LogP contribution in [0.5, 0.6) is 5.75 Å². The molecule has 1 fully saturated rings. The summed E-state index contributed by atoms with van der Waals surface area (Å²) in [5.74, 6) is 0.730. The van der Waals surface area contributed by atoms with Crippen molar-refractivity contribution in [1.82, 2.24) is 4.90 Å². The van der Waals surface area contributed by atoms with Crippen molar-refractivity contribution in [3.8, 4) is 5.75 Å². The van der Waals surface area contributed by atoms with E-state index in [0.717, 1.165) is 37.2 Å². The number of aliphatic hydroxyl groups excluding tert-OH is 1. The molecule has 1 heterocycles. The lowest BCUT2D eigenvalue weighted by molar-refractivity contribution is -0.133. The molecule has 5 nitrogen and oxygen atoms in total. The smallest absolute Gasteiger partial charge is 0.249 e. The van der Waals surface area contributed by atoms with Gasteiger partial charge in [0.15, 0.2) is 0 Å². The lowest BCUT2D eigenvalue weighted by Crippen LogP contribution is -2.41. The molecule has 0 saturated carbocycles. The summed E-state index contributed by atoms with van der Waals surface area (Å²) in [5.41, 5.74) is 2.41. The van der Waals surface area contributed by atoms with Crippen LogP contribution in [0.25, 0.3) is 0 Å². The van der Waals surface area contributed by atoms with Gasteiger partial charge in [-0.05, 0) is 43.0 Å². The summed E-state index contributed by atoms with van der Waals surface area (Å²) in [5, 5.41) is 12.9. The van der Waals surface area contributed by atoms with Crippen LogP contribution in [-0.4, -0.2) is 36.1 Å². The molecule has 26 heavy (non-hydrogen) atoms. The molecule has 1 saturated heterocycles. The highest BCUT2D eigenvalue weighted by atomic mass is 16.5. The average molecular weight is 354 g/mol. The zero-order valence-corrected chi connectivity index (χ0v) is 15.1. The second-order valence-corrected chi connectivity index (χ2v) is 6.56. The Bertz CT molecular complexity index is 727. The van der Waals surface area contributed by atoms with Gasteiger partial charge in [-0.15, -0.1) is 0 Å². The van der Waals surface area contributed by atoms with Gasteiger partial charge in [-0.1, -0.05) is 30.3 Å². The number of carbonyl (C=O) groups excluding carboxylic acids is 1. The summed E-state index contributed by atoms with van der Waals surface area (Å²) in [6, 6.07) is 14.8. The van der Waals surface area contributed by atoms with Crippen LogP contribution in [-0.2, 0) is 11.4 Å². The maximum absolute atomic E-state index is 13.2. The van der Waals surface area contributed by atoms with E-state index >= 15 is 0 Å². The van der Waals surface area contributed by atoms with Gasteiger partial charge in [-0.25, -0.2) is 0 Å². The second-order valence-electron chi connectivity index (χ2n) is 6.56. The van der Waals surface area contributed by atoms with Crippen LogP contribution in [0, 0.1) is 0 Å². The van der Waals surface area contributed by atoms with Crippen molar-refractivity contribution in [1.29, 1.82) is 0 Å². The van der Waals surface area contributed by atoms with Gasteiger partial charge in [-0.2, -0.15) is 0 Å². The highest BCUT2D eigenvalue weighted by Gasteiger charge is 2.27. The second kappa shape index (κ2) is 8.72. The molecule has 0 spiro atoms. The first-order valence-corrected chi connectivity index (χ1v) is 9.11. The lowest BCUT2D eigenvalue weighted by Gasteiger charge is -2.31. The fourth-order valence-corrected chi connectivity index (χ4v) is 3.39. The molecule has 2 N–H and O–H groups in total. The molecule has 0 aliphatic carbocycles. The third kappa shape index (κ3) is 4.17. The number of nitrogens with one attached hydrogen (secondary N) is 1. The monoisotopic (exact) mass is 354 g/mol. The van der Waals surface area contributed by atoms with Crippen LogP contribution in [0.15, 0.2) is 48.5 Å². The molecule has 0 unspecified atom stereocenters. The number of hydrogen-bond acceptors (Lipinski definition) is 4. The average Bonchev–Trinajstić information content (AvgIpc) is 2.72. The Morgan fingerprint density at radius 3 is 2.54 bits per heavy atom. The molecule has 0 bridgehead atoms. The number of piperidine rings is 1. The maximum atomic E-state index is 13.2. The number of anilines is 1. The zero-order valence-electron chi connectivity index (χ0n) is 15.1. The number of aliphatic hydroxyl groups is 1. The van der Waals surface area contributed by atoms with E-state index in [-0.39, 0.29) is 12.5 Å². The van der Waals surface area contributed by atoms with Gasteiger partial charge in [-0.3, -0.25) is 4.79 Å². The molecule has 1 amide bonds. The molecule has 1 aliphatic rings. The highest BCUT2D eigenvalue weighted by molar-refractivity contribution is 5.86. The van der Waals surface area contributed by atoms with Crippen molar-refractivity contribution < 1.29 is 14.6 Å². The Morgan fingerprint density at radius 2 is 1.88 bits per heavy atom. The molecule has 0 aromatic heterocycles. The predicted octanol–water partition coefficient (Wildman–Crippen LogP) is 3.35. The molecule has 5 heteroatoms. The third-order valence-corrected chi connectivity index (χ3v) is 4.81. The first kappa shape index (κ1) is 18.3. The van der Waals surface area contributed by atoms with E-state index in [1.165, 1.54) is 6.42 Å². The number of rotatable bonds is 6. The van der Waals surface area contributed by atoms with E-state index in [1.807, 2.05) is 47.4 Å². The number of hydrogen-bond donors (Lipinski definition) is 2. The summed E-state index contributed by atoms with van der Waals surface area (Å²) in [6.45, 7) is 1.51. The number of methoxy groups -OCH3 is 1. The Balaban J connectivity index is 1.87. The Labute approximate surface area is 154 Å². The molecular formula is C21H26N2O3. The Kier molecular flexibility index (Phi) is 6.12. The Hall–Kier alpha value is -2.53. The van der Waals surface area contributed by atoms with Crippen LogP contribution in [0.1, 0.15) is 36.4 Å². The third-order valence-electron chi connectivity index (χ3n) is 4.81. The quantitative estimate of drug-likeness (QED) is 0.835. The molecule has 2 aromatic rings. The fraction of sp³-hybridized carbons (Fsp3) is 0.381. The van der Waals surface area contributed by atoms with Crippen LogP contribution in [0.2, 0.25) is 0 Å². The standard InChI is InChI=1S/C21H26N2O3/c1-26-19-11-10-18(14-17(19)15-24)22-20(16-8-4-2-5-9-16)21(25)23-12-6-3-7-13-23/h2,4-5,8-11,14,20,22,24H,3,6-7,12-13,15H2,1H3/t20-/m0/s1. The van der Waals surface area contributed by atoms with E-state index in [9.17, 15) is 9.90 Å². The van der Waals surface area contributed by atoms with E-state index in [0.29, 0.717) is 11.3 Å². The van der Waals surface area contributed by atoms with Crippen LogP contribution >= 0.6 is 0 Å². The Morgan fingerprint density at radius 1 is 1.15 bits per heavy atom. The van der Waals surface area contributed by atoms with Crippen LogP contribution in [0.3, 0.4) is 0 Å². The molecule has 1 atom stereocenters. The van der Waals surface area contributed by atoms with E-state index in [2.05, 4.69) is 5.32 Å². The molecule has 3 rings (SSSR count). The van der Waals surface area contributed by atoms with E-state index in [1.54, 1.807) is 13.2 Å². The molecule has 1 aliphatic heterocycles. The van der Waals surface area contributed by atoms with Crippen molar-refractivity contribution >= 4 is 11.6 Å². The predicted molar refractivity (Wildman–Crippen MR) is 102 cm³/mol. The molecule has 2 aromatic carbocycles. The zero-order chi connectivity index (χ0) is 18.4. The summed E-state index contributed by atoms with van der Waals surface area (Å²) in [7, 11) is 1.58. The first-order chi connectivity index (χ1) is 12.7. The highest BCUT2D eigenvalue weighted by Crippen LogP contribution is 2.27. The minimum atomic E-state index is -0.450. The number of nitrogens with zero attached hydrogens (tertiary/aromatic N) is 1. The van der Waals surface area contributed by atoms with Gasteiger partial charge in [0.25, 0.3) is 0 Å². The van der Waals surface area contributed by atoms with Crippen molar-refractivity contribution in [3.63, 3.8) is 0 Å². The largest absolute Gasteiger partial charge is 0.496 e. The number of amides is 1. The minimum absolute atomic E-state index is 0.0947. The molecule has 0 radical (unpaired) electrons.